The monoisotopic (exact) mass is 395 g/mol. The van der Waals surface area contributed by atoms with E-state index < -0.39 is 9.84 Å². The second-order valence-corrected chi connectivity index (χ2v) is 9.17. The van der Waals surface area contributed by atoms with Gasteiger partial charge in [-0.15, -0.1) is 11.3 Å². The van der Waals surface area contributed by atoms with Gasteiger partial charge in [-0.1, -0.05) is 12.1 Å². The van der Waals surface area contributed by atoms with E-state index >= 15 is 0 Å². The number of sulfone groups is 1. The van der Waals surface area contributed by atoms with Gasteiger partial charge in [-0.25, -0.2) is 13.4 Å². The second-order valence-electron chi connectivity index (χ2n) is 6.32. The first kappa shape index (κ1) is 20.5. The molecule has 1 heterocycles. The highest BCUT2D eigenvalue weighted by atomic mass is 32.2. The Hall–Kier alpha value is -1.77. The van der Waals surface area contributed by atoms with Crippen LogP contribution >= 0.6 is 11.3 Å². The molecule has 1 aromatic carbocycles. The van der Waals surface area contributed by atoms with Crippen molar-refractivity contribution >= 4 is 32.2 Å². The molecule has 0 aliphatic heterocycles. The fraction of sp³-hybridized carbons (Fsp3) is 0.444. The zero-order chi connectivity index (χ0) is 19.5. The summed E-state index contributed by atoms with van der Waals surface area (Å²) in [5, 5.41) is 2.69. The minimum Gasteiger partial charge on any atom is -0.294 e. The van der Waals surface area contributed by atoms with E-state index in [0.717, 1.165) is 11.3 Å². The zero-order valence-corrected chi connectivity index (χ0v) is 17.4. The minimum atomic E-state index is -3.18. The average Bonchev–Trinajstić information content (AvgIpc) is 3.01. The van der Waals surface area contributed by atoms with Gasteiger partial charge in [0.25, 0.3) is 0 Å². The Morgan fingerprint density at radius 3 is 2.38 bits per heavy atom. The van der Waals surface area contributed by atoms with Gasteiger partial charge in [0.2, 0.25) is 5.91 Å². The first-order valence-electron chi connectivity index (χ1n) is 8.36. The summed E-state index contributed by atoms with van der Waals surface area (Å²) in [5.74, 6) is -0.0129. The van der Waals surface area contributed by atoms with E-state index in [2.05, 4.69) is 16.8 Å². The Bertz CT molecular complexity index is 860. The molecule has 0 fully saturated rings. The smallest absolute Gasteiger partial charge is 0.225 e. The van der Waals surface area contributed by atoms with Crippen LogP contribution in [0.5, 0.6) is 0 Å². The van der Waals surface area contributed by atoms with Crippen molar-refractivity contribution in [3.8, 4) is 0 Å². The van der Waals surface area contributed by atoms with Crippen molar-refractivity contribution in [1.82, 2.24) is 9.88 Å². The molecular weight excluding hydrogens is 370 g/mol. The SMILES string of the molecule is CCN(C(C)=O)c1nc(CN(C)[C@@H](C)c2ccc(S(C)(=O)=O)cc2)cs1. The molecule has 1 amide bonds. The van der Waals surface area contributed by atoms with Crippen LogP contribution in [0.15, 0.2) is 34.5 Å². The third kappa shape index (κ3) is 4.90. The fourth-order valence-corrected chi connectivity index (χ4v) is 4.18. The van der Waals surface area contributed by atoms with E-state index in [1.165, 1.54) is 17.6 Å². The third-order valence-corrected chi connectivity index (χ3v) is 6.37. The molecule has 0 aliphatic rings. The largest absolute Gasteiger partial charge is 0.294 e. The molecule has 0 aliphatic carbocycles. The van der Waals surface area contributed by atoms with Crippen LogP contribution in [0.3, 0.4) is 0 Å². The molecule has 8 heteroatoms. The molecule has 0 radical (unpaired) electrons. The van der Waals surface area contributed by atoms with Crippen LogP contribution in [0.4, 0.5) is 5.13 Å². The van der Waals surface area contributed by atoms with Crippen molar-refractivity contribution in [3.63, 3.8) is 0 Å². The molecule has 0 bridgehead atoms. The first-order valence-corrected chi connectivity index (χ1v) is 11.1. The van der Waals surface area contributed by atoms with Gasteiger partial charge in [-0.05, 0) is 38.6 Å². The zero-order valence-electron chi connectivity index (χ0n) is 15.8. The minimum absolute atomic E-state index is 0.0129. The number of hydrogen-bond acceptors (Lipinski definition) is 6. The van der Waals surface area contributed by atoms with E-state index in [9.17, 15) is 13.2 Å². The van der Waals surface area contributed by atoms with Crippen LogP contribution < -0.4 is 4.90 Å². The number of rotatable bonds is 7. The molecule has 2 aromatic rings. The number of hydrogen-bond donors (Lipinski definition) is 0. The van der Waals surface area contributed by atoms with Crippen molar-refractivity contribution in [3.05, 3.63) is 40.9 Å². The quantitative estimate of drug-likeness (QED) is 0.720. The molecule has 1 aromatic heterocycles. The van der Waals surface area contributed by atoms with E-state index in [0.29, 0.717) is 23.1 Å². The lowest BCUT2D eigenvalue weighted by molar-refractivity contribution is -0.116. The lowest BCUT2D eigenvalue weighted by Gasteiger charge is -2.24. The summed E-state index contributed by atoms with van der Waals surface area (Å²) < 4.78 is 23.1. The average molecular weight is 396 g/mol. The molecule has 0 saturated carbocycles. The Morgan fingerprint density at radius 1 is 1.27 bits per heavy atom. The van der Waals surface area contributed by atoms with Crippen molar-refractivity contribution in [2.24, 2.45) is 0 Å². The normalized spacial score (nSPS) is 13.0. The number of anilines is 1. The Kier molecular flexibility index (Phi) is 6.54. The van der Waals surface area contributed by atoms with Gasteiger partial charge in [0.15, 0.2) is 15.0 Å². The summed E-state index contributed by atoms with van der Waals surface area (Å²) >= 11 is 1.47. The number of carbonyl (C=O) groups is 1. The van der Waals surface area contributed by atoms with E-state index in [4.69, 9.17) is 0 Å². The Labute approximate surface area is 159 Å². The van der Waals surface area contributed by atoms with Crippen LogP contribution in [0, 0.1) is 0 Å². The summed E-state index contributed by atoms with van der Waals surface area (Å²) in [6, 6.07) is 7.07. The highest BCUT2D eigenvalue weighted by molar-refractivity contribution is 7.90. The predicted molar refractivity (Wildman–Crippen MR) is 105 cm³/mol. The van der Waals surface area contributed by atoms with Crippen LogP contribution in [-0.2, 0) is 21.2 Å². The number of carbonyl (C=O) groups excluding carboxylic acids is 1. The van der Waals surface area contributed by atoms with Gasteiger partial charge >= 0.3 is 0 Å². The van der Waals surface area contributed by atoms with Gasteiger partial charge in [-0.2, -0.15) is 0 Å². The molecule has 26 heavy (non-hydrogen) atoms. The molecule has 0 N–H and O–H groups in total. The van der Waals surface area contributed by atoms with E-state index in [-0.39, 0.29) is 11.9 Å². The summed E-state index contributed by atoms with van der Waals surface area (Å²) in [4.78, 5) is 20.3. The van der Waals surface area contributed by atoms with Gasteiger partial charge in [0.05, 0.1) is 10.6 Å². The number of aromatic nitrogens is 1. The maximum Gasteiger partial charge on any atom is 0.225 e. The van der Waals surface area contributed by atoms with Crippen LogP contribution in [0.2, 0.25) is 0 Å². The molecule has 142 valence electrons. The molecule has 0 saturated heterocycles. The number of nitrogens with zero attached hydrogens (tertiary/aromatic N) is 3. The van der Waals surface area contributed by atoms with Crippen LogP contribution in [0.1, 0.15) is 38.1 Å². The van der Waals surface area contributed by atoms with Crippen LogP contribution in [-0.4, -0.2) is 44.1 Å². The maximum absolute atomic E-state index is 11.6. The molecule has 2 rings (SSSR count). The van der Waals surface area contributed by atoms with Crippen LogP contribution in [0.25, 0.3) is 0 Å². The summed E-state index contributed by atoms with van der Waals surface area (Å²) in [6.07, 6.45) is 1.21. The first-order chi connectivity index (χ1) is 12.1. The van der Waals surface area contributed by atoms with Gasteiger partial charge in [-0.3, -0.25) is 14.6 Å². The number of benzene rings is 1. The number of thiazole rings is 1. The summed E-state index contributed by atoms with van der Waals surface area (Å²) in [7, 11) is -1.19. The molecule has 0 unspecified atom stereocenters. The Morgan fingerprint density at radius 2 is 1.88 bits per heavy atom. The second kappa shape index (κ2) is 8.28. The molecule has 0 spiro atoms. The van der Waals surface area contributed by atoms with Gasteiger partial charge in [0.1, 0.15) is 0 Å². The van der Waals surface area contributed by atoms with Crippen molar-refractivity contribution < 1.29 is 13.2 Å². The highest BCUT2D eigenvalue weighted by Gasteiger charge is 2.17. The lowest BCUT2D eigenvalue weighted by atomic mass is 10.1. The fourth-order valence-electron chi connectivity index (χ4n) is 2.63. The summed E-state index contributed by atoms with van der Waals surface area (Å²) in [5.41, 5.74) is 1.95. The van der Waals surface area contributed by atoms with E-state index in [1.807, 2.05) is 31.5 Å². The van der Waals surface area contributed by atoms with E-state index in [1.54, 1.807) is 24.0 Å². The molecule has 1 atom stereocenters. The predicted octanol–water partition coefficient (Wildman–Crippen LogP) is 3.11. The van der Waals surface area contributed by atoms with Crippen molar-refractivity contribution in [2.75, 3.05) is 24.7 Å². The standard InChI is InChI=1S/C18H25N3O3S2/c1-6-21(14(3)22)18-19-16(12-25-18)11-20(4)13(2)15-7-9-17(10-8-15)26(5,23)24/h7-10,12-13H,6,11H2,1-5H3/t13-/m0/s1. The maximum atomic E-state index is 11.6. The van der Waals surface area contributed by atoms with Gasteiger partial charge in [0, 0.05) is 37.7 Å². The van der Waals surface area contributed by atoms with Crippen molar-refractivity contribution in [1.29, 1.82) is 0 Å². The molecular formula is C18H25N3O3S2. The Balaban J connectivity index is 2.08. The number of amides is 1. The lowest BCUT2D eigenvalue weighted by Crippen LogP contribution is -2.28. The summed E-state index contributed by atoms with van der Waals surface area (Å²) in [6.45, 7) is 6.77. The molecule has 6 nitrogen and oxygen atoms in total. The van der Waals surface area contributed by atoms with Crippen molar-refractivity contribution in [2.45, 2.75) is 38.3 Å². The van der Waals surface area contributed by atoms with Gasteiger partial charge < -0.3 is 0 Å². The third-order valence-electron chi connectivity index (χ3n) is 4.33. The topological polar surface area (TPSA) is 70.6 Å². The highest BCUT2D eigenvalue weighted by Crippen LogP contribution is 2.25.